The SMILES string of the molecule is Cc1csc(C(C)NC(=O)CCC(CCN)C(C)(C)C)n1. The highest BCUT2D eigenvalue weighted by molar-refractivity contribution is 7.09. The molecule has 2 unspecified atom stereocenters. The van der Waals surface area contributed by atoms with Gasteiger partial charge in [0.25, 0.3) is 0 Å². The van der Waals surface area contributed by atoms with Crippen molar-refractivity contribution in [1.29, 1.82) is 0 Å². The van der Waals surface area contributed by atoms with Crippen molar-refractivity contribution in [2.75, 3.05) is 6.54 Å². The summed E-state index contributed by atoms with van der Waals surface area (Å²) in [5.74, 6) is 0.576. The molecule has 1 rings (SSSR count). The molecule has 0 aliphatic rings. The van der Waals surface area contributed by atoms with Crippen LogP contribution in [0.2, 0.25) is 0 Å². The summed E-state index contributed by atoms with van der Waals surface area (Å²) in [6.07, 6.45) is 2.41. The van der Waals surface area contributed by atoms with E-state index in [4.69, 9.17) is 5.73 Å². The first kappa shape index (κ1) is 18.1. The summed E-state index contributed by atoms with van der Waals surface area (Å²) in [5, 5.41) is 6.01. The molecule has 2 atom stereocenters. The number of aromatic nitrogens is 1. The molecule has 4 nitrogen and oxygen atoms in total. The number of hydrogen-bond donors (Lipinski definition) is 2. The predicted octanol–water partition coefficient (Wildman–Crippen LogP) is 3.42. The lowest BCUT2D eigenvalue weighted by Crippen LogP contribution is -2.29. The van der Waals surface area contributed by atoms with Crippen molar-refractivity contribution in [1.82, 2.24) is 10.3 Å². The lowest BCUT2D eigenvalue weighted by Gasteiger charge is -2.30. The Balaban J connectivity index is 2.46. The van der Waals surface area contributed by atoms with Crippen LogP contribution in [-0.2, 0) is 4.79 Å². The van der Waals surface area contributed by atoms with Crippen LogP contribution in [0.4, 0.5) is 0 Å². The van der Waals surface area contributed by atoms with E-state index in [-0.39, 0.29) is 17.4 Å². The molecule has 1 aromatic heterocycles. The number of rotatable bonds is 7. The van der Waals surface area contributed by atoms with E-state index in [1.807, 2.05) is 19.2 Å². The Bertz CT molecular complexity index is 451. The number of nitrogens with one attached hydrogen (secondary N) is 1. The Morgan fingerprint density at radius 3 is 2.57 bits per heavy atom. The van der Waals surface area contributed by atoms with Crippen LogP contribution in [0.25, 0.3) is 0 Å². The van der Waals surface area contributed by atoms with Gasteiger partial charge in [0.15, 0.2) is 0 Å². The molecule has 0 aliphatic heterocycles. The zero-order valence-electron chi connectivity index (χ0n) is 13.9. The van der Waals surface area contributed by atoms with Gasteiger partial charge in [-0.05, 0) is 44.6 Å². The summed E-state index contributed by atoms with van der Waals surface area (Å²) in [6.45, 7) is 11.3. The van der Waals surface area contributed by atoms with E-state index in [1.54, 1.807) is 11.3 Å². The van der Waals surface area contributed by atoms with Gasteiger partial charge < -0.3 is 11.1 Å². The molecule has 0 aromatic carbocycles. The van der Waals surface area contributed by atoms with E-state index in [0.717, 1.165) is 23.5 Å². The summed E-state index contributed by atoms with van der Waals surface area (Å²) < 4.78 is 0. The topological polar surface area (TPSA) is 68.0 Å². The van der Waals surface area contributed by atoms with Crippen LogP contribution in [-0.4, -0.2) is 17.4 Å². The van der Waals surface area contributed by atoms with Crippen LogP contribution in [0, 0.1) is 18.3 Å². The highest BCUT2D eigenvalue weighted by atomic mass is 32.1. The minimum atomic E-state index is -0.0150. The maximum Gasteiger partial charge on any atom is 0.220 e. The van der Waals surface area contributed by atoms with E-state index >= 15 is 0 Å². The van der Waals surface area contributed by atoms with Gasteiger partial charge in [0.2, 0.25) is 5.91 Å². The largest absolute Gasteiger partial charge is 0.347 e. The van der Waals surface area contributed by atoms with Crippen LogP contribution in [0.3, 0.4) is 0 Å². The lowest BCUT2D eigenvalue weighted by molar-refractivity contribution is -0.122. The average Bonchev–Trinajstić information content (AvgIpc) is 2.79. The number of amides is 1. The molecule has 1 heterocycles. The van der Waals surface area contributed by atoms with E-state index in [2.05, 4.69) is 31.1 Å². The number of nitrogens with zero attached hydrogens (tertiary/aromatic N) is 1. The maximum absolute atomic E-state index is 12.1. The molecule has 0 saturated carbocycles. The Morgan fingerprint density at radius 1 is 1.43 bits per heavy atom. The van der Waals surface area contributed by atoms with Gasteiger partial charge in [0.05, 0.1) is 6.04 Å². The monoisotopic (exact) mass is 311 g/mol. The zero-order valence-corrected chi connectivity index (χ0v) is 14.7. The van der Waals surface area contributed by atoms with E-state index in [9.17, 15) is 4.79 Å². The van der Waals surface area contributed by atoms with Crippen molar-refractivity contribution in [2.24, 2.45) is 17.1 Å². The molecule has 5 heteroatoms. The summed E-state index contributed by atoms with van der Waals surface area (Å²) in [6, 6.07) is -0.0150. The van der Waals surface area contributed by atoms with E-state index in [1.165, 1.54) is 0 Å². The van der Waals surface area contributed by atoms with Crippen LogP contribution < -0.4 is 11.1 Å². The van der Waals surface area contributed by atoms with Crippen LogP contribution >= 0.6 is 11.3 Å². The molecule has 1 aromatic rings. The fourth-order valence-corrected chi connectivity index (χ4v) is 3.27. The van der Waals surface area contributed by atoms with Crippen LogP contribution in [0.5, 0.6) is 0 Å². The Labute approximate surface area is 132 Å². The maximum atomic E-state index is 12.1. The molecule has 0 bridgehead atoms. The van der Waals surface area contributed by atoms with E-state index in [0.29, 0.717) is 18.9 Å². The van der Waals surface area contributed by atoms with Gasteiger partial charge in [0, 0.05) is 17.5 Å². The van der Waals surface area contributed by atoms with Gasteiger partial charge in [-0.25, -0.2) is 4.98 Å². The second-order valence-electron chi connectivity index (χ2n) is 6.80. The third-order valence-electron chi connectivity index (χ3n) is 3.84. The molecule has 0 radical (unpaired) electrons. The molecule has 1 amide bonds. The third kappa shape index (κ3) is 6.14. The first-order chi connectivity index (χ1) is 9.74. The second-order valence-corrected chi connectivity index (χ2v) is 7.68. The quantitative estimate of drug-likeness (QED) is 0.810. The molecule has 0 spiro atoms. The number of thiazole rings is 1. The summed E-state index contributed by atoms with van der Waals surface area (Å²) in [7, 11) is 0. The first-order valence-electron chi connectivity index (χ1n) is 7.65. The van der Waals surface area contributed by atoms with Crippen molar-refractivity contribution in [3.05, 3.63) is 16.1 Å². The normalized spacial score (nSPS) is 14.8. The van der Waals surface area contributed by atoms with Gasteiger partial charge in [-0.1, -0.05) is 20.8 Å². The second kappa shape index (κ2) is 7.90. The smallest absolute Gasteiger partial charge is 0.220 e. The van der Waals surface area contributed by atoms with Gasteiger partial charge in [-0.2, -0.15) is 0 Å². The van der Waals surface area contributed by atoms with Crippen molar-refractivity contribution in [2.45, 2.75) is 59.9 Å². The van der Waals surface area contributed by atoms with Crippen molar-refractivity contribution >= 4 is 17.2 Å². The summed E-state index contributed by atoms with van der Waals surface area (Å²) >= 11 is 1.59. The van der Waals surface area contributed by atoms with Gasteiger partial charge >= 0.3 is 0 Å². The minimum Gasteiger partial charge on any atom is -0.347 e. The molecular formula is C16H29N3OS. The number of aryl methyl sites for hydroxylation is 1. The fraction of sp³-hybridized carbons (Fsp3) is 0.750. The molecule has 0 aliphatic carbocycles. The fourth-order valence-electron chi connectivity index (χ4n) is 2.46. The standard InChI is InChI=1S/C16H29N3OS/c1-11-10-21-15(18-11)12(2)19-14(20)7-6-13(8-9-17)16(3,4)5/h10,12-13H,6-9,17H2,1-5H3,(H,19,20). The molecule has 21 heavy (non-hydrogen) atoms. The Morgan fingerprint density at radius 2 is 2.10 bits per heavy atom. The van der Waals surface area contributed by atoms with Gasteiger partial charge in [-0.3, -0.25) is 4.79 Å². The third-order valence-corrected chi connectivity index (χ3v) is 4.99. The molecule has 120 valence electrons. The lowest BCUT2D eigenvalue weighted by atomic mass is 9.76. The zero-order chi connectivity index (χ0) is 16.0. The highest BCUT2D eigenvalue weighted by Gasteiger charge is 2.24. The molecule has 3 N–H and O–H groups in total. The van der Waals surface area contributed by atoms with Crippen molar-refractivity contribution in [3.8, 4) is 0 Å². The first-order valence-corrected chi connectivity index (χ1v) is 8.53. The number of carbonyl (C=O) groups is 1. The Hall–Kier alpha value is -0.940. The van der Waals surface area contributed by atoms with Gasteiger partial charge in [-0.15, -0.1) is 11.3 Å². The van der Waals surface area contributed by atoms with Crippen LogP contribution in [0.15, 0.2) is 5.38 Å². The number of hydrogen-bond acceptors (Lipinski definition) is 4. The molecular weight excluding hydrogens is 282 g/mol. The van der Waals surface area contributed by atoms with Crippen molar-refractivity contribution in [3.63, 3.8) is 0 Å². The summed E-state index contributed by atoms with van der Waals surface area (Å²) in [4.78, 5) is 16.5. The summed E-state index contributed by atoms with van der Waals surface area (Å²) in [5.41, 5.74) is 6.88. The number of nitrogens with two attached hydrogens (primary N) is 1. The Kier molecular flexibility index (Phi) is 6.81. The molecule has 0 saturated heterocycles. The van der Waals surface area contributed by atoms with Crippen LogP contribution in [0.1, 0.15) is 63.7 Å². The average molecular weight is 311 g/mol. The van der Waals surface area contributed by atoms with Gasteiger partial charge in [0.1, 0.15) is 5.01 Å². The van der Waals surface area contributed by atoms with E-state index < -0.39 is 0 Å². The highest BCUT2D eigenvalue weighted by Crippen LogP contribution is 2.32. The number of carbonyl (C=O) groups excluding carboxylic acids is 1. The van der Waals surface area contributed by atoms with Crippen molar-refractivity contribution < 1.29 is 4.79 Å². The minimum absolute atomic E-state index is 0.0150. The predicted molar refractivity (Wildman–Crippen MR) is 89.3 cm³/mol. The molecule has 0 fully saturated rings.